The first-order valence-electron chi connectivity index (χ1n) is 6.44. The molecule has 20 heavy (non-hydrogen) atoms. The minimum atomic E-state index is -1.30. The molecule has 0 saturated heterocycles. The summed E-state index contributed by atoms with van der Waals surface area (Å²) < 4.78 is 13.1. The predicted octanol–water partition coefficient (Wildman–Crippen LogP) is 2.23. The van der Waals surface area contributed by atoms with Crippen LogP contribution < -0.4 is 11.1 Å². The largest absolute Gasteiger partial charge is 0.478 e. The van der Waals surface area contributed by atoms with Gasteiger partial charge in [-0.25, -0.2) is 9.18 Å². The Hall–Kier alpha value is -1.95. The van der Waals surface area contributed by atoms with E-state index in [9.17, 15) is 14.0 Å². The first kappa shape index (κ1) is 16.1. The van der Waals surface area contributed by atoms with Crippen LogP contribution in [-0.2, 0) is 4.79 Å². The summed E-state index contributed by atoms with van der Waals surface area (Å²) in [6, 6.07) is 3.22. The van der Waals surface area contributed by atoms with Crippen molar-refractivity contribution in [2.24, 2.45) is 11.1 Å². The summed E-state index contributed by atoms with van der Waals surface area (Å²) in [5, 5.41) is 11.6. The summed E-state index contributed by atoms with van der Waals surface area (Å²) in [5.74, 6) is -2.32. The van der Waals surface area contributed by atoms with Crippen LogP contribution >= 0.6 is 0 Å². The maximum Gasteiger partial charge on any atom is 0.337 e. The van der Waals surface area contributed by atoms with Crippen molar-refractivity contribution in [2.75, 3.05) is 11.9 Å². The van der Waals surface area contributed by atoms with Gasteiger partial charge in [-0.05, 0) is 31.0 Å². The second kappa shape index (κ2) is 6.47. The topological polar surface area (TPSA) is 92.4 Å². The first-order valence-corrected chi connectivity index (χ1v) is 6.44. The van der Waals surface area contributed by atoms with Crippen LogP contribution in [0.4, 0.5) is 10.1 Å². The van der Waals surface area contributed by atoms with Crippen LogP contribution in [0.3, 0.4) is 0 Å². The number of amides is 1. The molecule has 4 N–H and O–H groups in total. The highest BCUT2D eigenvalue weighted by molar-refractivity contribution is 6.02. The van der Waals surface area contributed by atoms with Gasteiger partial charge in [0.15, 0.2) is 0 Å². The van der Waals surface area contributed by atoms with Gasteiger partial charge in [0.2, 0.25) is 5.91 Å². The number of aromatic carboxylic acids is 1. The van der Waals surface area contributed by atoms with Crippen molar-refractivity contribution in [3.05, 3.63) is 29.6 Å². The third-order valence-corrected chi connectivity index (χ3v) is 3.69. The SMILES string of the molecule is CCC(CC)(CN)C(=O)Nc1ccc(F)cc1C(=O)O. The fraction of sp³-hybridized carbons (Fsp3) is 0.429. The highest BCUT2D eigenvalue weighted by Gasteiger charge is 2.33. The molecule has 0 aliphatic heterocycles. The van der Waals surface area contributed by atoms with Crippen molar-refractivity contribution in [1.29, 1.82) is 0 Å². The Labute approximate surface area is 117 Å². The van der Waals surface area contributed by atoms with Gasteiger partial charge >= 0.3 is 5.97 Å². The Morgan fingerprint density at radius 3 is 2.40 bits per heavy atom. The van der Waals surface area contributed by atoms with Gasteiger partial charge in [-0.2, -0.15) is 0 Å². The number of nitrogens with one attached hydrogen (secondary N) is 1. The summed E-state index contributed by atoms with van der Waals surface area (Å²) in [4.78, 5) is 23.4. The maximum atomic E-state index is 13.1. The zero-order valence-electron chi connectivity index (χ0n) is 11.6. The number of hydrogen-bond donors (Lipinski definition) is 3. The molecule has 1 aromatic carbocycles. The molecule has 1 amide bonds. The fourth-order valence-corrected chi connectivity index (χ4v) is 2.01. The molecule has 0 bridgehead atoms. The van der Waals surface area contributed by atoms with E-state index in [1.165, 1.54) is 6.07 Å². The van der Waals surface area contributed by atoms with E-state index in [0.29, 0.717) is 12.8 Å². The standard InChI is InChI=1S/C14H19FN2O3/c1-3-14(4-2,8-16)13(20)17-11-6-5-9(15)7-10(11)12(18)19/h5-7H,3-4,8,16H2,1-2H3,(H,17,20)(H,18,19). The second-order valence-corrected chi connectivity index (χ2v) is 4.64. The lowest BCUT2D eigenvalue weighted by Gasteiger charge is -2.28. The third kappa shape index (κ3) is 3.14. The minimum Gasteiger partial charge on any atom is -0.478 e. The van der Waals surface area contributed by atoms with Crippen molar-refractivity contribution in [3.63, 3.8) is 0 Å². The molecule has 0 aromatic heterocycles. The van der Waals surface area contributed by atoms with Gasteiger partial charge in [0, 0.05) is 6.54 Å². The van der Waals surface area contributed by atoms with E-state index in [1.54, 1.807) is 0 Å². The summed E-state index contributed by atoms with van der Waals surface area (Å²) in [7, 11) is 0. The third-order valence-electron chi connectivity index (χ3n) is 3.69. The van der Waals surface area contributed by atoms with Gasteiger partial charge in [0.25, 0.3) is 0 Å². The molecule has 1 aromatic rings. The number of carbonyl (C=O) groups is 2. The summed E-state index contributed by atoms with van der Waals surface area (Å²) >= 11 is 0. The Morgan fingerprint density at radius 1 is 1.35 bits per heavy atom. The lowest BCUT2D eigenvalue weighted by atomic mass is 9.81. The van der Waals surface area contributed by atoms with Crippen LogP contribution in [0.15, 0.2) is 18.2 Å². The number of nitrogens with two attached hydrogens (primary N) is 1. The number of rotatable bonds is 6. The fourth-order valence-electron chi connectivity index (χ4n) is 2.01. The van der Waals surface area contributed by atoms with E-state index in [4.69, 9.17) is 10.8 Å². The van der Waals surface area contributed by atoms with E-state index in [1.807, 2.05) is 13.8 Å². The molecule has 0 fully saturated rings. The molecule has 6 heteroatoms. The second-order valence-electron chi connectivity index (χ2n) is 4.64. The van der Waals surface area contributed by atoms with Crippen LogP contribution in [-0.4, -0.2) is 23.5 Å². The number of halogens is 1. The number of carboxylic acids is 1. The van der Waals surface area contributed by atoms with E-state index in [0.717, 1.165) is 12.1 Å². The zero-order valence-corrected chi connectivity index (χ0v) is 11.6. The van der Waals surface area contributed by atoms with E-state index < -0.39 is 17.2 Å². The summed E-state index contributed by atoms with van der Waals surface area (Å²) in [6.45, 7) is 3.85. The highest BCUT2D eigenvalue weighted by atomic mass is 19.1. The van der Waals surface area contributed by atoms with Crippen molar-refractivity contribution < 1.29 is 19.1 Å². The van der Waals surface area contributed by atoms with Crippen LogP contribution in [0.5, 0.6) is 0 Å². The lowest BCUT2D eigenvalue weighted by molar-refractivity contribution is -0.125. The monoisotopic (exact) mass is 282 g/mol. The molecule has 0 heterocycles. The molecule has 0 unspecified atom stereocenters. The molecule has 1 rings (SSSR count). The van der Waals surface area contributed by atoms with Gasteiger partial charge in [0.05, 0.1) is 16.7 Å². The maximum absolute atomic E-state index is 13.1. The van der Waals surface area contributed by atoms with Gasteiger partial charge in [-0.1, -0.05) is 13.8 Å². The molecule has 0 atom stereocenters. The van der Waals surface area contributed by atoms with Gasteiger partial charge in [-0.3, -0.25) is 4.79 Å². The van der Waals surface area contributed by atoms with Crippen molar-refractivity contribution in [2.45, 2.75) is 26.7 Å². The molecule has 0 aliphatic carbocycles. The molecule has 0 saturated carbocycles. The number of anilines is 1. The molecular weight excluding hydrogens is 263 g/mol. The van der Waals surface area contributed by atoms with Gasteiger partial charge in [0.1, 0.15) is 5.82 Å². The number of carboxylic acid groups (broad SMARTS) is 1. The quantitative estimate of drug-likeness (QED) is 0.746. The van der Waals surface area contributed by atoms with Crippen LogP contribution in [0.1, 0.15) is 37.0 Å². The smallest absolute Gasteiger partial charge is 0.337 e. The Bertz CT molecular complexity index is 505. The Morgan fingerprint density at radius 2 is 1.95 bits per heavy atom. The Kier molecular flexibility index (Phi) is 5.21. The average molecular weight is 282 g/mol. The molecule has 110 valence electrons. The van der Waals surface area contributed by atoms with Crippen molar-refractivity contribution in [1.82, 2.24) is 0 Å². The zero-order chi connectivity index (χ0) is 15.3. The van der Waals surface area contributed by atoms with E-state index in [-0.39, 0.29) is 23.7 Å². The molecule has 0 aliphatic rings. The van der Waals surface area contributed by atoms with Crippen LogP contribution in [0.2, 0.25) is 0 Å². The van der Waals surface area contributed by atoms with Crippen LogP contribution in [0, 0.1) is 11.2 Å². The molecule has 0 radical (unpaired) electrons. The van der Waals surface area contributed by atoms with Gasteiger partial charge < -0.3 is 16.2 Å². The molecular formula is C14H19FN2O3. The average Bonchev–Trinajstić information content (AvgIpc) is 2.43. The highest BCUT2D eigenvalue weighted by Crippen LogP contribution is 2.28. The van der Waals surface area contributed by atoms with E-state index >= 15 is 0 Å². The molecule has 0 spiro atoms. The summed E-state index contributed by atoms with van der Waals surface area (Å²) in [5.41, 5.74) is 4.71. The lowest BCUT2D eigenvalue weighted by Crippen LogP contribution is -2.41. The Balaban J connectivity index is 3.10. The number of hydrogen-bond acceptors (Lipinski definition) is 3. The first-order chi connectivity index (χ1) is 9.40. The predicted molar refractivity (Wildman–Crippen MR) is 74.1 cm³/mol. The van der Waals surface area contributed by atoms with Gasteiger partial charge in [-0.15, -0.1) is 0 Å². The van der Waals surface area contributed by atoms with Crippen molar-refractivity contribution >= 4 is 17.6 Å². The number of carbonyl (C=O) groups excluding carboxylic acids is 1. The van der Waals surface area contributed by atoms with Crippen molar-refractivity contribution in [3.8, 4) is 0 Å². The summed E-state index contributed by atoms with van der Waals surface area (Å²) in [6.07, 6.45) is 1.07. The van der Waals surface area contributed by atoms with Crippen LogP contribution in [0.25, 0.3) is 0 Å². The normalized spacial score (nSPS) is 11.2. The molecule has 5 nitrogen and oxygen atoms in total. The number of benzene rings is 1. The minimum absolute atomic E-state index is 0.0728. The van der Waals surface area contributed by atoms with E-state index in [2.05, 4.69) is 5.32 Å².